The molecule has 18 heavy (non-hydrogen) atoms. The molecule has 0 bridgehead atoms. The number of amides is 1. The SMILES string of the molecule is CC(C(=O)N1CCCCCC1)N1CCCC(N)C1. The number of piperidine rings is 1. The lowest BCUT2D eigenvalue weighted by molar-refractivity contribution is -0.136. The average molecular weight is 253 g/mol. The third kappa shape index (κ3) is 3.45. The first-order valence-corrected chi connectivity index (χ1v) is 7.47. The number of nitrogens with zero attached hydrogens (tertiary/aromatic N) is 2. The van der Waals surface area contributed by atoms with E-state index in [0.717, 1.165) is 51.9 Å². The molecule has 104 valence electrons. The quantitative estimate of drug-likeness (QED) is 0.804. The molecule has 2 atom stereocenters. The van der Waals surface area contributed by atoms with E-state index in [-0.39, 0.29) is 12.1 Å². The number of hydrogen-bond acceptors (Lipinski definition) is 3. The number of nitrogens with two attached hydrogens (primary N) is 1. The van der Waals surface area contributed by atoms with Crippen molar-refractivity contribution in [3.63, 3.8) is 0 Å². The molecule has 0 spiro atoms. The van der Waals surface area contributed by atoms with Crippen LogP contribution in [0.2, 0.25) is 0 Å². The van der Waals surface area contributed by atoms with Crippen LogP contribution in [0.4, 0.5) is 0 Å². The zero-order valence-corrected chi connectivity index (χ0v) is 11.6. The van der Waals surface area contributed by atoms with E-state index in [9.17, 15) is 4.79 Å². The van der Waals surface area contributed by atoms with Crippen molar-refractivity contribution in [2.45, 2.75) is 57.5 Å². The lowest BCUT2D eigenvalue weighted by Gasteiger charge is -2.36. The molecule has 0 aliphatic carbocycles. The molecule has 2 saturated heterocycles. The van der Waals surface area contributed by atoms with E-state index < -0.39 is 0 Å². The van der Waals surface area contributed by atoms with Gasteiger partial charge in [0.05, 0.1) is 6.04 Å². The van der Waals surface area contributed by atoms with Gasteiger partial charge in [-0.2, -0.15) is 0 Å². The van der Waals surface area contributed by atoms with Gasteiger partial charge in [-0.1, -0.05) is 12.8 Å². The van der Waals surface area contributed by atoms with Crippen LogP contribution in [0.1, 0.15) is 45.4 Å². The molecule has 0 radical (unpaired) electrons. The molecule has 2 heterocycles. The summed E-state index contributed by atoms with van der Waals surface area (Å²) >= 11 is 0. The molecule has 0 saturated carbocycles. The standard InChI is InChI=1S/C14H27N3O/c1-12(17-10-6-7-13(15)11-17)14(18)16-8-4-2-3-5-9-16/h12-13H,2-11,15H2,1H3. The van der Waals surface area contributed by atoms with E-state index in [1.54, 1.807) is 0 Å². The summed E-state index contributed by atoms with van der Waals surface area (Å²) < 4.78 is 0. The zero-order chi connectivity index (χ0) is 13.0. The molecule has 4 heteroatoms. The van der Waals surface area contributed by atoms with E-state index >= 15 is 0 Å². The lowest BCUT2D eigenvalue weighted by atomic mass is 10.0. The van der Waals surface area contributed by atoms with Crippen molar-refractivity contribution in [3.05, 3.63) is 0 Å². The van der Waals surface area contributed by atoms with Crippen molar-refractivity contribution in [2.75, 3.05) is 26.2 Å². The van der Waals surface area contributed by atoms with Crippen LogP contribution in [0.5, 0.6) is 0 Å². The fraction of sp³-hybridized carbons (Fsp3) is 0.929. The van der Waals surface area contributed by atoms with E-state index in [0.29, 0.717) is 5.91 Å². The molecule has 2 unspecified atom stereocenters. The fourth-order valence-corrected chi connectivity index (χ4v) is 3.10. The Morgan fingerprint density at radius 1 is 1.11 bits per heavy atom. The maximum absolute atomic E-state index is 12.5. The fourth-order valence-electron chi connectivity index (χ4n) is 3.10. The Bertz CT molecular complexity index is 274. The topological polar surface area (TPSA) is 49.6 Å². The van der Waals surface area contributed by atoms with Crippen molar-refractivity contribution in [2.24, 2.45) is 5.73 Å². The summed E-state index contributed by atoms with van der Waals surface area (Å²) in [6, 6.07) is 0.257. The van der Waals surface area contributed by atoms with Crippen LogP contribution in [-0.2, 0) is 4.79 Å². The Hall–Kier alpha value is -0.610. The van der Waals surface area contributed by atoms with Crippen LogP contribution in [-0.4, -0.2) is 54.0 Å². The van der Waals surface area contributed by atoms with Gasteiger partial charge in [-0.15, -0.1) is 0 Å². The Kier molecular flexibility index (Phi) is 5.01. The lowest BCUT2D eigenvalue weighted by Crippen LogP contribution is -2.53. The van der Waals surface area contributed by atoms with Gasteiger partial charge in [0, 0.05) is 25.7 Å². The third-order valence-electron chi connectivity index (χ3n) is 4.31. The summed E-state index contributed by atoms with van der Waals surface area (Å²) in [6.07, 6.45) is 7.09. The van der Waals surface area contributed by atoms with Crippen molar-refractivity contribution < 1.29 is 4.79 Å². The van der Waals surface area contributed by atoms with Gasteiger partial charge in [-0.05, 0) is 39.2 Å². The van der Waals surface area contributed by atoms with E-state index in [1.165, 1.54) is 12.8 Å². The number of rotatable bonds is 2. The van der Waals surface area contributed by atoms with Crippen molar-refractivity contribution in [1.29, 1.82) is 0 Å². The van der Waals surface area contributed by atoms with Crippen molar-refractivity contribution >= 4 is 5.91 Å². The molecule has 2 rings (SSSR count). The summed E-state index contributed by atoms with van der Waals surface area (Å²) in [5.41, 5.74) is 6.00. The molecule has 2 aliphatic rings. The Labute approximate surface area is 110 Å². The largest absolute Gasteiger partial charge is 0.341 e. The first-order chi connectivity index (χ1) is 8.68. The first-order valence-electron chi connectivity index (χ1n) is 7.47. The first kappa shape index (κ1) is 13.8. The Morgan fingerprint density at radius 3 is 2.39 bits per heavy atom. The van der Waals surface area contributed by atoms with Crippen LogP contribution in [0.15, 0.2) is 0 Å². The molecule has 2 N–H and O–H groups in total. The van der Waals surface area contributed by atoms with E-state index in [4.69, 9.17) is 5.73 Å². The van der Waals surface area contributed by atoms with Crippen LogP contribution < -0.4 is 5.73 Å². The summed E-state index contributed by atoms with van der Waals surface area (Å²) in [5, 5.41) is 0. The van der Waals surface area contributed by atoms with Crippen LogP contribution in [0.3, 0.4) is 0 Å². The highest BCUT2D eigenvalue weighted by molar-refractivity contribution is 5.81. The molecule has 0 aromatic heterocycles. The van der Waals surface area contributed by atoms with Gasteiger partial charge in [-0.3, -0.25) is 9.69 Å². The molecule has 4 nitrogen and oxygen atoms in total. The zero-order valence-electron chi connectivity index (χ0n) is 11.6. The normalized spacial score (nSPS) is 28.8. The van der Waals surface area contributed by atoms with Gasteiger partial charge in [0.2, 0.25) is 5.91 Å². The third-order valence-corrected chi connectivity index (χ3v) is 4.31. The molecular weight excluding hydrogens is 226 g/mol. The van der Waals surface area contributed by atoms with Crippen LogP contribution >= 0.6 is 0 Å². The van der Waals surface area contributed by atoms with Gasteiger partial charge in [-0.25, -0.2) is 0 Å². The maximum atomic E-state index is 12.5. The maximum Gasteiger partial charge on any atom is 0.239 e. The summed E-state index contributed by atoms with van der Waals surface area (Å²) in [7, 11) is 0. The molecule has 0 aromatic carbocycles. The van der Waals surface area contributed by atoms with Gasteiger partial charge in [0.25, 0.3) is 0 Å². The van der Waals surface area contributed by atoms with Gasteiger partial charge >= 0.3 is 0 Å². The average Bonchev–Trinajstić information content (AvgIpc) is 2.66. The van der Waals surface area contributed by atoms with Gasteiger partial charge in [0.15, 0.2) is 0 Å². The number of likely N-dealkylation sites (tertiary alicyclic amines) is 2. The molecule has 2 aliphatic heterocycles. The highest BCUT2D eigenvalue weighted by Crippen LogP contribution is 2.16. The smallest absolute Gasteiger partial charge is 0.239 e. The predicted molar refractivity (Wildman–Crippen MR) is 73.3 cm³/mol. The van der Waals surface area contributed by atoms with Gasteiger partial charge in [0.1, 0.15) is 0 Å². The summed E-state index contributed by atoms with van der Waals surface area (Å²) in [6.45, 7) is 5.84. The van der Waals surface area contributed by atoms with Gasteiger partial charge < -0.3 is 10.6 Å². The van der Waals surface area contributed by atoms with E-state index in [1.807, 2.05) is 6.92 Å². The predicted octanol–water partition coefficient (Wildman–Crippen LogP) is 1.20. The second-order valence-electron chi connectivity index (χ2n) is 5.81. The second kappa shape index (κ2) is 6.53. The summed E-state index contributed by atoms with van der Waals surface area (Å²) in [5.74, 6) is 0.311. The Morgan fingerprint density at radius 2 is 1.78 bits per heavy atom. The van der Waals surface area contributed by atoms with Crippen LogP contribution in [0.25, 0.3) is 0 Å². The van der Waals surface area contributed by atoms with Crippen molar-refractivity contribution in [3.8, 4) is 0 Å². The summed E-state index contributed by atoms with van der Waals surface area (Å²) in [4.78, 5) is 16.8. The Balaban J connectivity index is 1.90. The minimum absolute atomic E-state index is 0.00875. The highest BCUT2D eigenvalue weighted by Gasteiger charge is 2.29. The second-order valence-corrected chi connectivity index (χ2v) is 5.81. The molecule has 0 aromatic rings. The monoisotopic (exact) mass is 253 g/mol. The molecule has 2 fully saturated rings. The van der Waals surface area contributed by atoms with Crippen molar-refractivity contribution in [1.82, 2.24) is 9.80 Å². The number of carbonyl (C=O) groups is 1. The highest BCUT2D eigenvalue weighted by atomic mass is 16.2. The molecular formula is C14H27N3O. The minimum Gasteiger partial charge on any atom is -0.341 e. The minimum atomic E-state index is 0.00875. The number of hydrogen-bond donors (Lipinski definition) is 1. The van der Waals surface area contributed by atoms with Crippen LogP contribution in [0, 0.1) is 0 Å². The van der Waals surface area contributed by atoms with E-state index in [2.05, 4.69) is 9.80 Å². The molecule has 1 amide bonds. The number of carbonyl (C=O) groups excluding carboxylic acids is 1.